The molecule has 1 saturated heterocycles. The number of halogens is 2. The van der Waals surface area contributed by atoms with Gasteiger partial charge in [0.25, 0.3) is 0 Å². The molecule has 1 aliphatic carbocycles. The first-order valence-electron chi connectivity index (χ1n) is 6.81. The maximum atomic E-state index is 13.9. The zero-order valence-corrected chi connectivity index (χ0v) is 11.5. The fourth-order valence-corrected chi connectivity index (χ4v) is 3.36. The molecule has 0 spiro atoms. The van der Waals surface area contributed by atoms with Gasteiger partial charge in [0.2, 0.25) is 0 Å². The van der Waals surface area contributed by atoms with Gasteiger partial charge in [0.05, 0.1) is 12.7 Å². The summed E-state index contributed by atoms with van der Waals surface area (Å²) < 4.78 is 19.8. The third kappa shape index (κ3) is 2.51. The van der Waals surface area contributed by atoms with Crippen LogP contribution in [-0.2, 0) is 11.2 Å². The lowest BCUT2D eigenvalue weighted by Gasteiger charge is -2.32. The number of ether oxygens (including phenoxy) is 1. The van der Waals surface area contributed by atoms with Crippen LogP contribution in [-0.4, -0.2) is 24.4 Å². The van der Waals surface area contributed by atoms with Crippen LogP contribution in [0.1, 0.15) is 24.8 Å². The molecular formula is C15H18ClFO2. The molecule has 1 heterocycles. The lowest BCUT2D eigenvalue weighted by atomic mass is 9.74. The zero-order valence-electron chi connectivity index (χ0n) is 10.7. The van der Waals surface area contributed by atoms with Gasteiger partial charge in [-0.3, -0.25) is 0 Å². The van der Waals surface area contributed by atoms with E-state index in [1.807, 2.05) is 0 Å². The van der Waals surface area contributed by atoms with Gasteiger partial charge in [-0.15, -0.1) is 0 Å². The molecule has 0 radical (unpaired) electrons. The Morgan fingerprint density at radius 1 is 1.42 bits per heavy atom. The number of benzene rings is 1. The SMILES string of the molecule is OCC1(Cc2ccc(Cl)cc2F)CCOC1C1CC1. The summed E-state index contributed by atoms with van der Waals surface area (Å²) in [7, 11) is 0. The first-order chi connectivity index (χ1) is 9.14. The minimum absolute atomic E-state index is 0.0518. The molecular weight excluding hydrogens is 267 g/mol. The van der Waals surface area contributed by atoms with Crippen LogP contribution in [0, 0.1) is 17.2 Å². The van der Waals surface area contributed by atoms with E-state index in [4.69, 9.17) is 16.3 Å². The predicted octanol–water partition coefficient (Wildman–Crippen LogP) is 3.20. The highest BCUT2D eigenvalue weighted by Crippen LogP contribution is 2.49. The zero-order chi connectivity index (χ0) is 13.5. The maximum absolute atomic E-state index is 13.9. The molecule has 1 N–H and O–H groups in total. The average Bonchev–Trinajstić information content (AvgIpc) is 3.15. The third-order valence-corrected chi connectivity index (χ3v) is 4.66. The fraction of sp³-hybridized carbons (Fsp3) is 0.600. The van der Waals surface area contributed by atoms with Gasteiger partial charge in [-0.05, 0) is 49.3 Å². The van der Waals surface area contributed by atoms with Gasteiger partial charge in [0.15, 0.2) is 0 Å². The van der Waals surface area contributed by atoms with Crippen LogP contribution in [0.4, 0.5) is 4.39 Å². The van der Waals surface area contributed by atoms with Gasteiger partial charge in [0, 0.05) is 17.0 Å². The van der Waals surface area contributed by atoms with Crippen molar-refractivity contribution in [1.82, 2.24) is 0 Å². The van der Waals surface area contributed by atoms with Crippen molar-refractivity contribution in [2.75, 3.05) is 13.2 Å². The van der Waals surface area contributed by atoms with E-state index in [0.29, 0.717) is 29.5 Å². The molecule has 1 aromatic rings. The summed E-state index contributed by atoms with van der Waals surface area (Å²) in [5, 5.41) is 10.2. The predicted molar refractivity (Wildman–Crippen MR) is 71.7 cm³/mol. The first kappa shape index (κ1) is 13.3. The molecule has 1 aromatic carbocycles. The molecule has 2 unspecified atom stereocenters. The minimum atomic E-state index is -0.324. The Kier molecular flexibility index (Phi) is 3.54. The summed E-state index contributed by atoms with van der Waals surface area (Å²) in [6.07, 6.45) is 3.72. The Balaban J connectivity index is 1.85. The van der Waals surface area contributed by atoms with Crippen LogP contribution in [0.5, 0.6) is 0 Å². The fourth-order valence-electron chi connectivity index (χ4n) is 3.20. The second kappa shape index (κ2) is 5.04. The van der Waals surface area contributed by atoms with E-state index >= 15 is 0 Å². The summed E-state index contributed by atoms with van der Waals surface area (Å²) in [6.45, 7) is 0.715. The van der Waals surface area contributed by atoms with Crippen LogP contribution < -0.4 is 0 Å². The average molecular weight is 285 g/mol. The molecule has 3 rings (SSSR count). The molecule has 0 bridgehead atoms. The maximum Gasteiger partial charge on any atom is 0.127 e. The molecule has 104 valence electrons. The first-order valence-corrected chi connectivity index (χ1v) is 7.19. The normalized spacial score (nSPS) is 30.8. The summed E-state index contributed by atoms with van der Waals surface area (Å²) in [6, 6.07) is 4.76. The molecule has 19 heavy (non-hydrogen) atoms. The van der Waals surface area contributed by atoms with Gasteiger partial charge in [-0.2, -0.15) is 0 Å². The molecule has 2 aliphatic rings. The van der Waals surface area contributed by atoms with Crippen molar-refractivity contribution >= 4 is 11.6 Å². The number of aliphatic hydroxyl groups excluding tert-OH is 1. The van der Waals surface area contributed by atoms with Gasteiger partial charge < -0.3 is 9.84 Å². The van der Waals surface area contributed by atoms with Gasteiger partial charge in [-0.1, -0.05) is 17.7 Å². The highest BCUT2D eigenvalue weighted by atomic mass is 35.5. The molecule has 2 fully saturated rings. The Labute approximate surface area is 117 Å². The topological polar surface area (TPSA) is 29.5 Å². The van der Waals surface area contributed by atoms with Crippen LogP contribution in [0.3, 0.4) is 0 Å². The van der Waals surface area contributed by atoms with Crippen LogP contribution >= 0.6 is 11.6 Å². The molecule has 0 amide bonds. The van der Waals surface area contributed by atoms with E-state index in [1.165, 1.54) is 6.07 Å². The second-order valence-corrected chi connectivity index (χ2v) is 6.25. The smallest absolute Gasteiger partial charge is 0.127 e. The van der Waals surface area contributed by atoms with Crippen molar-refractivity contribution < 1.29 is 14.2 Å². The molecule has 2 atom stereocenters. The Morgan fingerprint density at radius 3 is 2.84 bits per heavy atom. The van der Waals surface area contributed by atoms with E-state index in [0.717, 1.165) is 19.3 Å². The van der Waals surface area contributed by atoms with Crippen molar-refractivity contribution in [1.29, 1.82) is 0 Å². The molecule has 1 saturated carbocycles. The molecule has 4 heteroatoms. The molecule has 0 aromatic heterocycles. The number of rotatable bonds is 4. The lowest BCUT2D eigenvalue weighted by molar-refractivity contribution is 0.000214. The Hall–Kier alpha value is -0.640. The summed E-state index contributed by atoms with van der Waals surface area (Å²) >= 11 is 5.78. The van der Waals surface area contributed by atoms with E-state index in [1.54, 1.807) is 12.1 Å². The van der Waals surface area contributed by atoms with Crippen LogP contribution in [0.15, 0.2) is 18.2 Å². The Morgan fingerprint density at radius 2 is 2.21 bits per heavy atom. The van der Waals surface area contributed by atoms with Crippen LogP contribution in [0.2, 0.25) is 5.02 Å². The summed E-state index contributed by atoms with van der Waals surface area (Å²) in [5.41, 5.74) is 0.296. The summed E-state index contributed by atoms with van der Waals surface area (Å²) in [4.78, 5) is 0. The number of hydrogen-bond acceptors (Lipinski definition) is 2. The highest BCUT2D eigenvalue weighted by Gasteiger charge is 2.50. The van der Waals surface area contributed by atoms with E-state index < -0.39 is 0 Å². The van der Waals surface area contributed by atoms with Crippen molar-refractivity contribution in [2.24, 2.45) is 11.3 Å². The quantitative estimate of drug-likeness (QED) is 0.920. The molecule has 1 aliphatic heterocycles. The molecule has 2 nitrogen and oxygen atoms in total. The van der Waals surface area contributed by atoms with Crippen molar-refractivity contribution in [3.05, 3.63) is 34.6 Å². The number of aliphatic hydroxyl groups is 1. The second-order valence-electron chi connectivity index (χ2n) is 5.81. The lowest BCUT2D eigenvalue weighted by Crippen LogP contribution is -2.38. The van der Waals surface area contributed by atoms with Crippen molar-refractivity contribution in [3.63, 3.8) is 0 Å². The van der Waals surface area contributed by atoms with Crippen LogP contribution in [0.25, 0.3) is 0 Å². The monoisotopic (exact) mass is 284 g/mol. The van der Waals surface area contributed by atoms with E-state index in [9.17, 15) is 9.50 Å². The summed E-state index contributed by atoms with van der Waals surface area (Å²) in [5.74, 6) is 0.256. The van der Waals surface area contributed by atoms with Gasteiger partial charge in [-0.25, -0.2) is 4.39 Å². The van der Waals surface area contributed by atoms with E-state index in [2.05, 4.69) is 0 Å². The van der Waals surface area contributed by atoms with E-state index in [-0.39, 0.29) is 23.9 Å². The highest BCUT2D eigenvalue weighted by molar-refractivity contribution is 6.30. The Bertz CT molecular complexity index is 475. The largest absolute Gasteiger partial charge is 0.396 e. The minimum Gasteiger partial charge on any atom is -0.396 e. The van der Waals surface area contributed by atoms with Gasteiger partial charge >= 0.3 is 0 Å². The van der Waals surface area contributed by atoms with Crippen molar-refractivity contribution in [3.8, 4) is 0 Å². The standard InChI is InChI=1S/C15H18ClFO2/c16-12-4-3-11(13(17)7-12)8-15(9-18)5-6-19-14(15)10-1-2-10/h3-4,7,10,14,18H,1-2,5-6,8-9H2. The third-order valence-electron chi connectivity index (χ3n) is 4.42. The van der Waals surface area contributed by atoms with Crippen molar-refractivity contribution in [2.45, 2.75) is 31.8 Å². The number of hydrogen-bond donors (Lipinski definition) is 1. The van der Waals surface area contributed by atoms with Gasteiger partial charge in [0.1, 0.15) is 5.82 Å².